The number of H-pyrrole nitrogens is 1. The van der Waals surface area contributed by atoms with Gasteiger partial charge in [-0.05, 0) is 48.5 Å². The number of benzene rings is 3. The molecule has 1 aromatic heterocycles. The third-order valence-electron chi connectivity index (χ3n) is 4.39. The zero-order valence-corrected chi connectivity index (χ0v) is 18.1. The SMILES string of the molecule is O=C(Cc1[nH]nc2ccc(OS(=O)(=O)c3ccc(Cl)c(Cl)c3)cc12)Nc1ccccc1. The van der Waals surface area contributed by atoms with Crippen molar-refractivity contribution in [2.75, 3.05) is 5.32 Å². The molecular weight excluding hydrogens is 461 g/mol. The predicted octanol–water partition coefficient (Wildman–Crippen LogP) is 4.82. The predicted molar refractivity (Wildman–Crippen MR) is 119 cm³/mol. The summed E-state index contributed by atoms with van der Waals surface area (Å²) in [6.07, 6.45) is 0.0222. The second-order valence-corrected chi connectivity index (χ2v) is 8.95. The van der Waals surface area contributed by atoms with Gasteiger partial charge in [0.2, 0.25) is 5.91 Å². The van der Waals surface area contributed by atoms with Gasteiger partial charge in [0.1, 0.15) is 10.6 Å². The Morgan fingerprint density at radius 3 is 2.52 bits per heavy atom. The van der Waals surface area contributed by atoms with Crippen LogP contribution in [0.1, 0.15) is 5.69 Å². The van der Waals surface area contributed by atoms with E-state index in [2.05, 4.69) is 15.5 Å². The monoisotopic (exact) mass is 475 g/mol. The van der Waals surface area contributed by atoms with Crippen LogP contribution in [0.4, 0.5) is 5.69 Å². The normalized spacial score (nSPS) is 11.4. The summed E-state index contributed by atoms with van der Waals surface area (Å²) in [4.78, 5) is 12.2. The third-order valence-corrected chi connectivity index (χ3v) is 6.37. The third kappa shape index (κ3) is 4.82. The summed E-state index contributed by atoms with van der Waals surface area (Å²) in [6, 6.07) is 17.5. The zero-order valence-electron chi connectivity index (χ0n) is 15.8. The minimum Gasteiger partial charge on any atom is -0.379 e. The molecule has 4 aromatic rings. The topological polar surface area (TPSA) is 101 Å². The van der Waals surface area contributed by atoms with E-state index in [1.165, 1.54) is 30.3 Å². The summed E-state index contributed by atoms with van der Waals surface area (Å²) in [5, 5.41) is 10.7. The number of halogens is 2. The highest BCUT2D eigenvalue weighted by Gasteiger charge is 2.19. The van der Waals surface area contributed by atoms with Crippen LogP contribution in [0.3, 0.4) is 0 Å². The number of aromatic nitrogens is 2. The lowest BCUT2D eigenvalue weighted by Gasteiger charge is -2.08. The molecule has 3 aromatic carbocycles. The smallest absolute Gasteiger partial charge is 0.339 e. The molecule has 0 atom stereocenters. The summed E-state index contributed by atoms with van der Waals surface area (Å²) in [5.41, 5.74) is 1.77. The van der Waals surface area contributed by atoms with E-state index in [4.69, 9.17) is 27.4 Å². The Labute approximate surface area is 188 Å². The number of carbonyl (C=O) groups excluding carboxylic acids is 1. The van der Waals surface area contributed by atoms with E-state index in [9.17, 15) is 13.2 Å². The summed E-state index contributed by atoms with van der Waals surface area (Å²) < 4.78 is 30.4. The first-order valence-electron chi connectivity index (χ1n) is 9.03. The highest BCUT2D eigenvalue weighted by molar-refractivity contribution is 7.87. The summed E-state index contributed by atoms with van der Waals surface area (Å²) in [5.74, 6) is -0.170. The molecule has 2 N–H and O–H groups in total. The molecule has 0 aliphatic carbocycles. The van der Waals surface area contributed by atoms with Gasteiger partial charge < -0.3 is 9.50 Å². The fraction of sp³-hybridized carbons (Fsp3) is 0.0476. The second-order valence-electron chi connectivity index (χ2n) is 6.59. The molecule has 0 radical (unpaired) electrons. The van der Waals surface area contributed by atoms with E-state index in [0.717, 1.165) is 0 Å². The highest BCUT2D eigenvalue weighted by atomic mass is 35.5. The van der Waals surface area contributed by atoms with E-state index in [0.29, 0.717) is 22.3 Å². The van der Waals surface area contributed by atoms with Gasteiger partial charge in [-0.25, -0.2) is 0 Å². The van der Waals surface area contributed by atoms with Crippen LogP contribution in [0.15, 0.2) is 71.6 Å². The fourth-order valence-corrected chi connectivity index (χ4v) is 4.24. The van der Waals surface area contributed by atoms with Crippen molar-refractivity contribution in [2.45, 2.75) is 11.3 Å². The number of fused-ring (bicyclic) bond motifs is 1. The number of aromatic amines is 1. The Kier molecular flexibility index (Phi) is 5.86. The Hall–Kier alpha value is -3.07. The number of nitrogens with zero attached hydrogens (tertiary/aromatic N) is 1. The van der Waals surface area contributed by atoms with Crippen molar-refractivity contribution in [3.8, 4) is 5.75 Å². The van der Waals surface area contributed by atoms with Gasteiger partial charge in [-0.15, -0.1) is 0 Å². The number of para-hydroxylation sites is 1. The first-order valence-corrected chi connectivity index (χ1v) is 11.2. The lowest BCUT2D eigenvalue weighted by molar-refractivity contribution is -0.115. The molecule has 7 nitrogen and oxygen atoms in total. The van der Waals surface area contributed by atoms with Crippen LogP contribution in [0.2, 0.25) is 10.0 Å². The van der Waals surface area contributed by atoms with E-state index >= 15 is 0 Å². The highest BCUT2D eigenvalue weighted by Crippen LogP contribution is 2.28. The van der Waals surface area contributed by atoms with Gasteiger partial charge in [-0.2, -0.15) is 13.5 Å². The maximum atomic E-state index is 12.6. The summed E-state index contributed by atoms with van der Waals surface area (Å²) >= 11 is 11.8. The number of nitrogens with one attached hydrogen (secondary N) is 2. The van der Waals surface area contributed by atoms with Crippen molar-refractivity contribution < 1.29 is 17.4 Å². The van der Waals surface area contributed by atoms with Gasteiger partial charge in [0, 0.05) is 11.1 Å². The fourth-order valence-electron chi connectivity index (χ4n) is 2.92. The van der Waals surface area contributed by atoms with Gasteiger partial charge in [0.25, 0.3) is 0 Å². The molecule has 0 spiro atoms. The number of rotatable bonds is 6. The van der Waals surface area contributed by atoms with Crippen LogP contribution in [-0.4, -0.2) is 24.5 Å². The van der Waals surface area contributed by atoms with Crippen LogP contribution >= 0.6 is 23.2 Å². The van der Waals surface area contributed by atoms with Crippen molar-refractivity contribution in [2.24, 2.45) is 0 Å². The van der Waals surface area contributed by atoms with Gasteiger partial charge in [0.05, 0.1) is 27.7 Å². The molecule has 10 heteroatoms. The lowest BCUT2D eigenvalue weighted by atomic mass is 10.1. The van der Waals surface area contributed by atoms with E-state index in [-0.39, 0.29) is 33.0 Å². The number of anilines is 1. The number of hydrogen-bond acceptors (Lipinski definition) is 5. The van der Waals surface area contributed by atoms with E-state index in [1.54, 1.807) is 18.2 Å². The molecule has 0 aliphatic heterocycles. The van der Waals surface area contributed by atoms with Crippen LogP contribution in [0, 0.1) is 0 Å². The van der Waals surface area contributed by atoms with Crippen LogP contribution in [-0.2, 0) is 21.3 Å². The van der Waals surface area contributed by atoms with Crippen LogP contribution in [0.5, 0.6) is 5.75 Å². The molecule has 31 heavy (non-hydrogen) atoms. The molecule has 0 aliphatic rings. The molecule has 1 amide bonds. The average Bonchev–Trinajstić information content (AvgIpc) is 3.12. The standard InChI is InChI=1S/C21H15Cl2N3O4S/c22-17-8-7-15(11-18(17)23)31(28,29)30-14-6-9-19-16(10-14)20(26-25-19)12-21(27)24-13-4-2-1-3-5-13/h1-11H,12H2,(H,24,27)(H,25,26). The Morgan fingerprint density at radius 2 is 1.77 bits per heavy atom. The van der Waals surface area contributed by atoms with Crippen LogP contribution < -0.4 is 9.50 Å². The second kappa shape index (κ2) is 8.58. The number of carbonyl (C=O) groups is 1. The summed E-state index contributed by atoms with van der Waals surface area (Å²) in [7, 11) is -4.13. The van der Waals surface area contributed by atoms with Gasteiger partial charge in [-0.3, -0.25) is 9.89 Å². The van der Waals surface area contributed by atoms with E-state index < -0.39 is 10.1 Å². The molecule has 0 unspecified atom stereocenters. The van der Waals surface area contributed by atoms with Gasteiger partial charge in [0.15, 0.2) is 0 Å². The summed E-state index contributed by atoms with van der Waals surface area (Å²) in [6.45, 7) is 0. The molecule has 0 bridgehead atoms. The Balaban J connectivity index is 1.56. The van der Waals surface area contributed by atoms with Gasteiger partial charge >= 0.3 is 10.1 Å². The molecule has 0 saturated carbocycles. The minimum atomic E-state index is -4.13. The zero-order chi connectivity index (χ0) is 22.0. The first-order chi connectivity index (χ1) is 14.8. The minimum absolute atomic E-state index is 0.0222. The van der Waals surface area contributed by atoms with Crippen molar-refractivity contribution in [3.63, 3.8) is 0 Å². The van der Waals surface area contributed by atoms with Gasteiger partial charge in [-0.1, -0.05) is 41.4 Å². The molecule has 1 heterocycles. The van der Waals surface area contributed by atoms with Crippen LogP contribution in [0.25, 0.3) is 10.9 Å². The lowest BCUT2D eigenvalue weighted by Crippen LogP contribution is -2.14. The van der Waals surface area contributed by atoms with Crippen molar-refractivity contribution in [1.29, 1.82) is 0 Å². The largest absolute Gasteiger partial charge is 0.379 e. The molecular formula is C21H15Cl2N3O4S. The quantitative estimate of drug-likeness (QED) is 0.389. The van der Waals surface area contributed by atoms with Crippen molar-refractivity contribution >= 4 is 55.8 Å². The number of hydrogen-bond donors (Lipinski definition) is 2. The Morgan fingerprint density at radius 1 is 1.00 bits per heavy atom. The maximum Gasteiger partial charge on any atom is 0.339 e. The van der Waals surface area contributed by atoms with Crippen molar-refractivity contribution in [1.82, 2.24) is 10.2 Å². The molecule has 158 valence electrons. The van der Waals surface area contributed by atoms with E-state index in [1.807, 2.05) is 18.2 Å². The molecule has 4 rings (SSSR count). The number of amides is 1. The molecule has 0 saturated heterocycles. The Bertz CT molecular complexity index is 1370. The van der Waals surface area contributed by atoms with Crippen molar-refractivity contribution in [3.05, 3.63) is 82.5 Å². The average molecular weight is 476 g/mol. The molecule has 0 fully saturated rings. The maximum absolute atomic E-state index is 12.6. The first kappa shape index (κ1) is 21.2.